The van der Waals surface area contributed by atoms with Crippen molar-refractivity contribution in [2.45, 2.75) is 11.2 Å². The Morgan fingerprint density at radius 3 is 2.45 bits per heavy atom. The summed E-state index contributed by atoms with van der Waals surface area (Å²) in [5, 5.41) is 12.2. The second kappa shape index (κ2) is 8.75. The van der Waals surface area contributed by atoms with Crippen molar-refractivity contribution in [3.05, 3.63) is 71.9 Å². The quantitative estimate of drug-likeness (QED) is 0.609. The Kier molecular flexibility index (Phi) is 6.14. The molecule has 3 aromatic rings. The molecule has 0 aliphatic heterocycles. The van der Waals surface area contributed by atoms with Gasteiger partial charge in [-0.25, -0.2) is 4.98 Å². The van der Waals surface area contributed by atoms with E-state index < -0.39 is 17.6 Å². The number of hydrogen-bond acceptors (Lipinski definition) is 5. The molecule has 0 saturated heterocycles. The van der Waals surface area contributed by atoms with E-state index in [9.17, 15) is 23.2 Å². The molecule has 2 aromatic heterocycles. The zero-order chi connectivity index (χ0) is 20.9. The lowest BCUT2D eigenvalue weighted by atomic mass is 10.2. The summed E-state index contributed by atoms with van der Waals surface area (Å²) in [4.78, 5) is 20.8. The number of benzene rings is 1. The Bertz CT molecular complexity index is 1050. The standard InChI is InChI=1S/C20H13F3N4OS/c21-20(22,23)14-5-7-15(8-6-14)26-18(28)12-29-19-13(11-24)4-9-17(27-19)16-3-1-2-10-25-16/h1-10H,12H2,(H,26,28). The van der Waals surface area contributed by atoms with Crippen LogP contribution in [0.25, 0.3) is 11.4 Å². The van der Waals surface area contributed by atoms with Crippen molar-refractivity contribution >= 4 is 23.4 Å². The molecule has 0 aliphatic rings. The molecular weight excluding hydrogens is 401 g/mol. The van der Waals surface area contributed by atoms with Gasteiger partial charge in [0.05, 0.1) is 28.3 Å². The minimum absolute atomic E-state index is 0.0611. The number of pyridine rings is 2. The lowest BCUT2D eigenvalue weighted by Crippen LogP contribution is -2.14. The number of carbonyl (C=O) groups excluding carboxylic acids is 1. The predicted molar refractivity (Wildman–Crippen MR) is 103 cm³/mol. The van der Waals surface area contributed by atoms with Gasteiger partial charge in [-0.2, -0.15) is 18.4 Å². The lowest BCUT2D eigenvalue weighted by Gasteiger charge is -2.09. The highest BCUT2D eigenvalue weighted by atomic mass is 32.2. The maximum atomic E-state index is 12.6. The first-order chi connectivity index (χ1) is 13.9. The smallest absolute Gasteiger partial charge is 0.325 e. The number of aromatic nitrogens is 2. The van der Waals surface area contributed by atoms with Gasteiger partial charge in [-0.05, 0) is 48.5 Å². The summed E-state index contributed by atoms with van der Waals surface area (Å²) in [6.07, 6.45) is -2.81. The third kappa shape index (κ3) is 5.33. The van der Waals surface area contributed by atoms with E-state index in [-0.39, 0.29) is 11.4 Å². The normalized spacial score (nSPS) is 11.0. The lowest BCUT2D eigenvalue weighted by molar-refractivity contribution is -0.137. The summed E-state index contributed by atoms with van der Waals surface area (Å²) in [5.41, 5.74) is 0.971. The van der Waals surface area contributed by atoms with Crippen LogP contribution in [0.1, 0.15) is 11.1 Å². The molecule has 146 valence electrons. The number of anilines is 1. The molecule has 2 heterocycles. The highest BCUT2D eigenvalue weighted by molar-refractivity contribution is 8.00. The number of hydrogen-bond donors (Lipinski definition) is 1. The van der Waals surface area contributed by atoms with E-state index in [1.807, 2.05) is 12.1 Å². The first-order valence-electron chi connectivity index (χ1n) is 8.29. The Morgan fingerprint density at radius 2 is 1.83 bits per heavy atom. The van der Waals surface area contributed by atoms with Crippen molar-refractivity contribution in [2.24, 2.45) is 0 Å². The van der Waals surface area contributed by atoms with Gasteiger partial charge in [0.25, 0.3) is 0 Å². The van der Waals surface area contributed by atoms with Gasteiger partial charge in [0.15, 0.2) is 0 Å². The summed E-state index contributed by atoms with van der Waals surface area (Å²) in [7, 11) is 0. The number of nitrogens with one attached hydrogen (secondary N) is 1. The van der Waals surface area contributed by atoms with Crippen LogP contribution in [-0.2, 0) is 11.0 Å². The van der Waals surface area contributed by atoms with Crippen LogP contribution in [0.5, 0.6) is 0 Å². The molecular formula is C20H13F3N4OS. The van der Waals surface area contributed by atoms with Crippen LogP contribution < -0.4 is 5.32 Å². The fourth-order valence-corrected chi connectivity index (χ4v) is 3.14. The van der Waals surface area contributed by atoms with Crippen molar-refractivity contribution in [3.63, 3.8) is 0 Å². The van der Waals surface area contributed by atoms with Gasteiger partial charge < -0.3 is 5.32 Å². The molecule has 5 nitrogen and oxygen atoms in total. The number of nitrogens with zero attached hydrogens (tertiary/aromatic N) is 3. The Labute approximate surface area is 168 Å². The number of carbonyl (C=O) groups is 1. The molecule has 9 heteroatoms. The van der Waals surface area contributed by atoms with Gasteiger partial charge in [0.1, 0.15) is 11.1 Å². The molecule has 0 spiro atoms. The molecule has 3 rings (SSSR count). The second-order valence-corrected chi connectivity index (χ2v) is 6.75. The van der Waals surface area contributed by atoms with Crippen molar-refractivity contribution < 1.29 is 18.0 Å². The van der Waals surface area contributed by atoms with Gasteiger partial charge in [-0.1, -0.05) is 17.8 Å². The number of alkyl halides is 3. The summed E-state index contributed by atoms with van der Waals surface area (Å²) < 4.78 is 37.8. The molecule has 1 amide bonds. The van der Waals surface area contributed by atoms with E-state index in [0.717, 1.165) is 23.9 Å². The topological polar surface area (TPSA) is 78.7 Å². The first kappa shape index (κ1) is 20.4. The maximum absolute atomic E-state index is 12.6. The zero-order valence-electron chi connectivity index (χ0n) is 14.8. The van der Waals surface area contributed by atoms with Crippen molar-refractivity contribution in [1.82, 2.24) is 9.97 Å². The molecule has 0 saturated carbocycles. The molecule has 0 aliphatic carbocycles. The van der Waals surface area contributed by atoms with E-state index in [0.29, 0.717) is 22.0 Å². The average molecular weight is 414 g/mol. The van der Waals surface area contributed by atoms with E-state index in [2.05, 4.69) is 15.3 Å². The van der Waals surface area contributed by atoms with E-state index in [1.54, 1.807) is 30.5 Å². The minimum Gasteiger partial charge on any atom is -0.325 e. The van der Waals surface area contributed by atoms with Crippen LogP contribution in [0.3, 0.4) is 0 Å². The summed E-state index contributed by atoms with van der Waals surface area (Å²) >= 11 is 1.06. The van der Waals surface area contributed by atoms with Crippen molar-refractivity contribution in [2.75, 3.05) is 11.1 Å². The zero-order valence-corrected chi connectivity index (χ0v) is 15.6. The highest BCUT2D eigenvalue weighted by Crippen LogP contribution is 2.30. The van der Waals surface area contributed by atoms with Crippen LogP contribution >= 0.6 is 11.8 Å². The van der Waals surface area contributed by atoms with E-state index >= 15 is 0 Å². The molecule has 29 heavy (non-hydrogen) atoms. The maximum Gasteiger partial charge on any atom is 0.416 e. The number of amides is 1. The molecule has 0 atom stereocenters. The van der Waals surface area contributed by atoms with Gasteiger partial charge in [0, 0.05) is 11.9 Å². The Hall–Kier alpha value is -3.38. The van der Waals surface area contributed by atoms with Crippen LogP contribution in [-0.4, -0.2) is 21.6 Å². The van der Waals surface area contributed by atoms with Gasteiger partial charge in [0.2, 0.25) is 5.91 Å². The third-order valence-electron chi connectivity index (χ3n) is 3.74. The molecule has 1 N–H and O–H groups in total. The number of thioether (sulfide) groups is 1. The molecule has 0 fully saturated rings. The SMILES string of the molecule is N#Cc1ccc(-c2ccccn2)nc1SCC(=O)Nc1ccc(C(F)(F)F)cc1. The van der Waals surface area contributed by atoms with E-state index in [4.69, 9.17) is 0 Å². The summed E-state index contributed by atoms with van der Waals surface area (Å²) in [5.74, 6) is -0.488. The van der Waals surface area contributed by atoms with Gasteiger partial charge in [-0.15, -0.1) is 0 Å². The fraction of sp³-hybridized carbons (Fsp3) is 0.100. The largest absolute Gasteiger partial charge is 0.416 e. The number of nitriles is 1. The van der Waals surface area contributed by atoms with Crippen molar-refractivity contribution in [3.8, 4) is 17.5 Å². The van der Waals surface area contributed by atoms with Crippen LogP contribution in [0, 0.1) is 11.3 Å². The van der Waals surface area contributed by atoms with Gasteiger partial charge >= 0.3 is 6.18 Å². The van der Waals surface area contributed by atoms with Crippen LogP contribution in [0.4, 0.5) is 18.9 Å². The summed E-state index contributed by atoms with van der Waals surface area (Å²) in [6.45, 7) is 0. The Balaban J connectivity index is 1.67. The minimum atomic E-state index is -4.43. The monoisotopic (exact) mass is 414 g/mol. The molecule has 0 unspecified atom stereocenters. The highest BCUT2D eigenvalue weighted by Gasteiger charge is 2.30. The van der Waals surface area contributed by atoms with Crippen LogP contribution in [0.15, 0.2) is 65.8 Å². The first-order valence-corrected chi connectivity index (χ1v) is 9.28. The predicted octanol–water partition coefficient (Wildman–Crippen LogP) is 4.76. The summed E-state index contributed by atoms with van der Waals surface area (Å²) in [6, 6.07) is 14.8. The molecule has 0 bridgehead atoms. The van der Waals surface area contributed by atoms with E-state index in [1.165, 1.54) is 12.1 Å². The molecule has 0 radical (unpaired) electrons. The molecule has 1 aromatic carbocycles. The second-order valence-electron chi connectivity index (χ2n) is 5.79. The van der Waals surface area contributed by atoms with Crippen molar-refractivity contribution in [1.29, 1.82) is 5.26 Å². The fourth-order valence-electron chi connectivity index (χ4n) is 2.37. The Morgan fingerprint density at radius 1 is 1.07 bits per heavy atom. The number of rotatable bonds is 5. The van der Waals surface area contributed by atoms with Gasteiger partial charge in [-0.3, -0.25) is 9.78 Å². The number of halogens is 3. The average Bonchev–Trinajstić information content (AvgIpc) is 2.72. The van der Waals surface area contributed by atoms with Crippen LogP contribution in [0.2, 0.25) is 0 Å². The third-order valence-corrected chi connectivity index (χ3v) is 4.74.